The minimum atomic E-state index is -0.580. The second-order valence-electron chi connectivity index (χ2n) is 7.32. The van der Waals surface area contributed by atoms with Crippen molar-refractivity contribution in [1.29, 1.82) is 0 Å². The molecule has 0 aliphatic carbocycles. The fourth-order valence-corrected chi connectivity index (χ4v) is 5.64. The van der Waals surface area contributed by atoms with Crippen molar-refractivity contribution in [2.24, 2.45) is 4.99 Å². The maximum absolute atomic E-state index is 13.5. The molecule has 160 valence electrons. The Morgan fingerprint density at radius 2 is 2.00 bits per heavy atom. The molecule has 0 saturated carbocycles. The van der Waals surface area contributed by atoms with Crippen molar-refractivity contribution in [3.63, 3.8) is 0 Å². The lowest BCUT2D eigenvalue weighted by Gasteiger charge is -2.25. The number of aromatic nitrogens is 1. The van der Waals surface area contributed by atoms with Gasteiger partial charge in [-0.25, -0.2) is 9.79 Å². The van der Waals surface area contributed by atoms with E-state index >= 15 is 0 Å². The molecular formula is C23H22N2O3S3. The topological polar surface area (TPSA) is 60.7 Å². The fraction of sp³-hybridized carbons (Fsp3) is 0.261. The molecule has 3 aromatic rings. The standard InChI is InChI=1S/C23H22N2O3S3/c1-13(2)28-22(27)19-14(3)24-23-25(20(19)15-7-9-16(29-4)10-8-15)21(26)18(31-23)12-17-6-5-11-30-17/h5-13,20H,1-4H3/b18-12+/t20-/m1/s1. The summed E-state index contributed by atoms with van der Waals surface area (Å²) < 4.78 is 7.75. The second-order valence-corrected chi connectivity index (χ2v) is 10.2. The Morgan fingerprint density at radius 1 is 1.26 bits per heavy atom. The van der Waals surface area contributed by atoms with Crippen LogP contribution in [0.3, 0.4) is 0 Å². The Hall–Kier alpha value is -2.42. The molecule has 1 aliphatic rings. The Balaban J connectivity index is 1.94. The molecule has 1 atom stereocenters. The molecule has 0 spiro atoms. The van der Waals surface area contributed by atoms with Crippen molar-refractivity contribution in [2.75, 3.05) is 6.26 Å². The Labute approximate surface area is 192 Å². The first-order valence-corrected chi connectivity index (χ1v) is 12.7. The third-order valence-corrected chi connectivity index (χ3v) is 7.38. The zero-order valence-corrected chi connectivity index (χ0v) is 20.1. The highest BCUT2D eigenvalue weighted by Gasteiger charge is 2.33. The first-order chi connectivity index (χ1) is 14.9. The minimum absolute atomic E-state index is 0.154. The number of esters is 1. The number of fused-ring (bicyclic) bond motifs is 1. The smallest absolute Gasteiger partial charge is 0.338 e. The van der Waals surface area contributed by atoms with Crippen LogP contribution < -0.4 is 14.9 Å². The van der Waals surface area contributed by atoms with Crippen molar-refractivity contribution in [2.45, 2.75) is 37.8 Å². The molecule has 1 aromatic carbocycles. The van der Waals surface area contributed by atoms with Gasteiger partial charge in [-0.05, 0) is 62.2 Å². The zero-order chi connectivity index (χ0) is 22.1. The number of thiophene rings is 1. The van der Waals surface area contributed by atoms with Crippen LogP contribution in [0.25, 0.3) is 6.08 Å². The van der Waals surface area contributed by atoms with Crippen LogP contribution in [0, 0.1) is 0 Å². The highest BCUT2D eigenvalue weighted by atomic mass is 32.2. The van der Waals surface area contributed by atoms with Crippen molar-refractivity contribution in [3.8, 4) is 0 Å². The Kier molecular flexibility index (Phi) is 6.31. The molecule has 3 heterocycles. The summed E-state index contributed by atoms with van der Waals surface area (Å²) in [6.07, 6.45) is 3.63. The van der Waals surface area contributed by atoms with Crippen LogP contribution in [0.15, 0.2) is 67.7 Å². The third-order valence-electron chi connectivity index (χ3n) is 4.83. The van der Waals surface area contributed by atoms with E-state index in [0.29, 0.717) is 20.6 Å². The van der Waals surface area contributed by atoms with Crippen LogP contribution in [-0.2, 0) is 9.53 Å². The normalized spacial score (nSPS) is 16.4. The minimum Gasteiger partial charge on any atom is -0.459 e. The molecule has 0 amide bonds. The van der Waals surface area contributed by atoms with Gasteiger partial charge in [0.1, 0.15) is 0 Å². The van der Waals surface area contributed by atoms with Gasteiger partial charge in [-0.3, -0.25) is 9.36 Å². The number of carbonyl (C=O) groups is 1. The second kappa shape index (κ2) is 8.98. The number of thioether (sulfide) groups is 1. The van der Waals surface area contributed by atoms with E-state index in [1.165, 1.54) is 11.3 Å². The van der Waals surface area contributed by atoms with Crippen LogP contribution >= 0.6 is 34.4 Å². The molecule has 1 aliphatic heterocycles. The monoisotopic (exact) mass is 470 g/mol. The van der Waals surface area contributed by atoms with Crippen LogP contribution in [0.5, 0.6) is 0 Å². The van der Waals surface area contributed by atoms with Gasteiger partial charge in [0.2, 0.25) is 0 Å². The highest BCUT2D eigenvalue weighted by molar-refractivity contribution is 7.98. The number of nitrogens with zero attached hydrogens (tertiary/aromatic N) is 2. The Morgan fingerprint density at radius 3 is 2.61 bits per heavy atom. The van der Waals surface area contributed by atoms with E-state index in [-0.39, 0.29) is 11.7 Å². The average Bonchev–Trinajstić information content (AvgIpc) is 3.35. The summed E-state index contributed by atoms with van der Waals surface area (Å²) in [5.41, 5.74) is 1.68. The maximum Gasteiger partial charge on any atom is 0.338 e. The molecule has 0 bridgehead atoms. The van der Waals surface area contributed by atoms with Crippen LogP contribution in [0.2, 0.25) is 0 Å². The summed E-state index contributed by atoms with van der Waals surface area (Å²) in [5, 5.41) is 1.98. The molecule has 0 unspecified atom stereocenters. The number of allylic oxidation sites excluding steroid dienone is 1. The van der Waals surface area contributed by atoms with Gasteiger partial charge in [0.05, 0.1) is 27.9 Å². The Bertz CT molecular complexity index is 1310. The molecule has 0 radical (unpaired) electrons. The highest BCUT2D eigenvalue weighted by Crippen LogP contribution is 2.32. The van der Waals surface area contributed by atoms with E-state index < -0.39 is 12.0 Å². The lowest BCUT2D eigenvalue weighted by atomic mass is 9.96. The fourth-order valence-electron chi connectivity index (χ4n) is 3.46. The largest absolute Gasteiger partial charge is 0.459 e. The van der Waals surface area contributed by atoms with Gasteiger partial charge in [-0.2, -0.15) is 0 Å². The van der Waals surface area contributed by atoms with Gasteiger partial charge in [0.25, 0.3) is 5.56 Å². The van der Waals surface area contributed by atoms with Gasteiger partial charge in [-0.15, -0.1) is 23.1 Å². The van der Waals surface area contributed by atoms with Crippen LogP contribution in [0.1, 0.15) is 37.3 Å². The summed E-state index contributed by atoms with van der Waals surface area (Å²) in [6.45, 7) is 5.43. The molecule has 0 fully saturated rings. The molecule has 31 heavy (non-hydrogen) atoms. The number of carbonyl (C=O) groups excluding carboxylic acids is 1. The SMILES string of the molecule is CSc1ccc([C@@H]2C(C(=O)OC(C)C)=C(C)N=c3s/c(=C/c4cccs4)c(=O)n32)cc1. The van der Waals surface area contributed by atoms with Crippen LogP contribution in [-0.4, -0.2) is 22.9 Å². The van der Waals surface area contributed by atoms with E-state index in [0.717, 1.165) is 15.3 Å². The summed E-state index contributed by atoms with van der Waals surface area (Å²) >= 11 is 4.56. The lowest BCUT2D eigenvalue weighted by Crippen LogP contribution is -2.40. The molecular weight excluding hydrogens is 448 g/mol. The molecule has 2 aromatic heterocycles. The van der Waals surface area contributed by atoms with Gasteiger partial charge in [0.15, 0.2) is 4.80 Å². The van der Waals surface area contributed by atoms with Crippen molar-refractivity contribution < 1.29 is 9.53 Å². The molecule has 0 saturated heterocycles. The predicted molar refractivity (Wildman–Crippen MR) is 128 cm³/mol. The molecule has 8 heteroatoms. The number of benzene rings is 1. The van der Waals surface area contributed by atoms with E-state index in [2.05, 4.69) is 4.99 Å². The van der Waals surface area contributed by atoms with Gasteiger partial charge in [0, 0.05) is 9.77 Å². The molecule has 4 rings (SSSR count). The first-order valence-electron chi connectivity index (χ1n) is 9.80. The van der Waals surface area contributed by atoms with Gasteiger partial charge >= 0.3 is 5.97 Å². The number of hydrogen-bond donors (Lipinski definition) is 0. The number of rotatable bonds is 5. The van der Waals surface area contributed by atoms with E-state index in [9.17, 15) is 9.59 Å². The third kappa shape index (κ3) is 4.33. The van der Waals surface area contributed by atoms with Gasteiger partial charge in [-0.1, -0.05) is 29.5 Å². The molecule has 0 N–H and O–H groups in total. The number of hydrogen-bond acceptors (Lipinski definition) is 7. The zero-order valence-electron chi connectivity index (χ0n) is 17.6. The first kappa shape index (κ1) is 21.8. The molecule has 5 nitrogen and oxygen atoms in total. The van der Waals surface area contributed by atoms with E-state index in [1.54, 1.807) is 34.6 Å². The summed E-state index contributed by atoms with van der Waals surface area (Å²) in [4.78, 5) is 33.8. The summed E-state index contributed by atoms with van der Waals surface area (Å²) in [6, 6.07) is 11.3. The summed E-state index contributed by atoms with van der Waals surface area (Å²) in [5.74, 6) is -0.442. The van der Waals surface area contributed by atoms with Crippen molar-refractivity contribution in [3.05, 3.63) is 83.2 Å². The van der Waals surface area contributed by atoms with Crippen LogP contribution in [0.4, 0.5) is 0 Å². The van der Waals surface area contributed by atoms with E-state index in [1.807, 2.05) is 68.0 Å². The predicted octanol–water partition coefficient (Wildman–Crippen LogP) is 3.97. The van der Waals surface area contributed by atoms with Crippen molar-refractivity contribution >= 4 is 46.5 Å². The average molecular weight is 471 g/mol. The van der Waals surface area contributed by atoms with Crippen molar-refractivity contribution in [1.82, 2.24) is 4.57 Å². The quantitative estimate of drug-likeness (QED) is 0.418. The maximum atomic E-state index is 13.5. The number of ether oxygens (including phenoxy) is 1. The van der Waals surface area contributed by atoms with E-state index in [4.69, 9.17) is 4.74 Å². The summed E-state index contributed by atoms with van der Waals surface area (Å²) in [7, 11) is 0. The number of thiazole rings is 1. The van der Waals surface area contributed by atoms with Gasteiger partial charge < -0.3 is 4.74 Å². The lowest BCUT2D eigenvalue weighted by molar-refractivity contribution is -0.143.